The fourth-order valence-corrected chi connectivity index (χ4v) is 1.37. The van der Waals surface area contributed by atoms with E-state index in [2.05, 4.69) is 0 Å². The molecule has 0 aliphatic carbocycles. The number of hydrogen-bond donors (Lipinski definition) is 2. The molecule has 1 atom stereocenters. The quantitative estimate of drug-likeness (QED) is 0.794. The number of rotatable bonds is 6. The zero-order valence-electron chi connectivity index (χ0n) is 11.5. The van der Waals surface area contributed by atoms with Crippen LogP contribution in [0.5, 0.6) is 5.75 Å². The van der Waals surface area contributed by atoms with Crippen LogP contribution in [0.15, 0.2) is 24.3 Å². The third-order valence-electron chi connectivity index (χ3n) is 2.90. The molecular weight excluding hydrogens is 282 g/mol. The van der Waals surface area contributed by atoms with Crippen molar-refractivity contribution in [3.8, 4) is 5.75 Å². The average molecular weight is 302 g/mol. The summed E-state index contributed by atoms with van der Waals surface area (Å²) in [4.78, 5) is 24.2. The Morgan fingerprint density at radius 3 is 2.30 bits per heavy atom. The molecule has 1 aromatic rings. The molecule has 0 fully saturated rings. The summed E-state index contributed by atoms with van der Waals surface area (Å²) >= 11 is 0. The Labute approximate surface area is 124 Å². The van der Waals surface area contributed by atoms with Crippen molar-refractivity contribution >= 4 is 24.2 Å². The van der Waals surface area contributed by atoms with Gasteiger partial charge in [-0.1, -0.05) is 0 Å². The van der Waals surface area contributed by atoms with Crippen LogP contribution >= 0.6 is 12.4 Å². The third kappa shape index (κ3) is 5.07. The first-order valence-electron chi connectivity index (χ1n) is 5.94. The zero-order chi connectivity index (χ0) is 14.4. The summed E-state index contributed by atoms with van der Waals surface area (Å²) in [5.41, 5.74) is 11.0. The fourth-order valence-electron chi connectivity index (χ4n) is 1.37. The van der Waals surface area contributed by atoms with Crippen LogP contribution in [-0.2, 0) is 4.79 Å². The van der Waals surface area contributed by atoms with Crippen molar-refractivity contribution in [3.63, 3.8) is 0 Å². The average Bonchev–Trinajstić information content (AvgIpc) is 2.43. The first-order valence-corrected chi connectivity index (χ1v) is 5.94. The van der Waals surface area contributed by atoms with Crippen molar-refractivity contribution in [2.75, 3.05) is 20.2 Å². The van der Waals surface area contributed by atoms with E-state index in [9.17, 15) is 9.59 Å². The number of benzene rings is 1. The standard InChI is InChI=1S/C13H19N3O3.ClH/c1-9(7-14)16(2)12(17)8-19-11-5-3-10(4-6-11)13(15)18;/h3-6,9H,7-8,14H2,1-2H3,(H2,15,18);1H. The number of halogens is 1. The minimum absolute atomic E-state index is 0. The molecule has 1 rings (SSSR count). The Balaban J connectivity index is 0.00000361. The number of ether oxygens (including phenoxy) is 1. The molecule has 0 aliphatic heterocycles. The number of carbonyl (C=O) groups excluding carboxylic acids is 2. The molecule has 1 unspecified atom stereocenters. The predicted molar refractivity (Wildman–Crippen MR) is 79.0 cm³/mol. The molecular formula is C13H20ClN3O3. The van der Waals surface area contributed by atoms with E-state index in [1.54, 1.807) is 31.3 Å². The van der Waals surface area contributed by atoms with E-state index in [1.165, 1.54) is 4.90 Å². The Morgan fingerprint density at radius 2 is 1.85 bits per heavy atom. The van der Waals surface area contributed by atoms with Gasteiger partial charge in [0.1, 0.15) is 5.75 Å². The lowest BCUT2D eigenvalue weighted by Gasteiger charge is -2.23. The maximum atomic E-state index is 11.8. The second-order valence-electron chi connectivity index (χ2n) is 4.27. The highest BCUT2D eigenvalue weighted by Gasteiger charge is 2.14. The molecule has 20 heavy (non-hydrogen) atoms. The molecule has 0 saturated heterocycles. The lowest BCUT2D eigenvalue weighted by atomic mass is 10.2. The van der Waals surface area contributed by atoms with Crippen molar-refractivity contribution in [2.45, 2.75) is 13.0 Å². The fraction of sp³-hybridized carbons (Fsp3) is 0.385. The van der Waals surface area contributed by atoms with Gasteiger partial charge in [0.15, 0.2) is 6.61 Å². The van der Waals surface area contributed by atoms with Crippen molar-refractivity contribution < 1.29 is 14.3 Å². The van der Waals surface area contributed by atoms with E-state index in [0.717, 1.165) is 0 Å². The number of likely N-dealkylation sites (N-methyl/N-ethyl adjacent to an activating group) is 1. The van der Waals surface area contributed by atoms with E-state index >= 15 is 0 Å². The summed E-state index contributed by atoms with van der Waals surface area (Å²) < 4.78 is 5.33. The van der Waals surface area contributed by atoms with Crippen molar-refractivity contribution in [3.05, 3.63) is 29.8 Å². The van der Waals surface area contributed by atoms with Gasteiger partial charge in [-0.05, 0) is 31.2 Å². The van der Waals surface area contributed by atoms with Gasteiger partial charge in [-0.3, -0.25) is 9.59 Å². The molecule has 1 aromatic carbocycles. The monoisotopic (exact) mass is 301 g/mol. The third-order valence-corrected chi connectivity index (χ3v) is 2.90. The highest BCUT2D eigenvalue weighted by atomic mass is 35.5. The van der Waals surface area contributed by atoms with Crippen LogP contribution in [0.4, 0.5) is 0 Å². The van der Waals surface area contributed by atoms with Gasteiger partial charge in [0, 0.05) is 25.2 Å². The summed E-state index contributed by atoms with van der Waals surface area (Å²) in [6.07, 6.45) is 0. The molecule has 0 bridgehead atoms. The predicted octanol–water partition coefficient (Wildman–Crippen LogP) is 0.392. The van der Waals surface area contributed by atoms with Gasteiger partial charge in [0.25, 0.3) is 5.91 Å². The lowest BCUT2D eigenvalue weighted by Crippen LogP contribution is -2.42. The van der Waals surface area contributed by atoms with Crippen LogP contribution in [0.25, 0.3) is 0 Å². The molecule has 0 spiro atoms. The molecule has 0 saturated carbocycles. The second kappa shape index (κ2) is 8.39. The maximum absolute atomic E-state index is 11.8. The highest BCUT2D eigenvalue weighted by molar-refractivity contribution is 5.92. The Hall–Kier alpha value is -1.79. The van der Waals surface area contributed by atoms with Crippen LogP contribution in [0, 0.1) is 0 Å². The number of hydrogen-bond acceptors (Lipinski definition) is 4. The topological polar surface area (TPSA) is 98.7 Å². The van der Waals surface area contributed by atoms with Gasteiger partial charge >= 0.3 is 0 Å². The van der Waals surface area contributed by atoms with Gasteiger partial charge < -0.3 is 21.1 Å². The smallest absolute Gasteiger partial charge is 0.260 e. The molecule has 2 amide bonds. The van der Waals surface area contributed by atoms with Gasteiger partial charge in [0.2, 0.25) is 5.91 Å². The van der Waals surface area contributed by atoms with E-state index < -0.39 is 5.91 Å². The molecule has 0 heterocycles. The summed E-state index contributed by atoms with van der Waals surface area (Å²) in [5, 5.41) is 0. The SMILES string of the molecule is CC(CN)N(C)C(=O)COc1ccc(C(N)=O)cc1.Cl. The van der Waals surface area contributed by atoms with Crippen LogP contribution in [-0.4, -0.2) is 43.0 Å². The van der Waals surface area contributed by atoms with Gasteiger partial charge in [-0.2, -0.15) is 0 Å². The first kappa shape index (κ1) is 18.2. The summed E-state index contributed by atoms with van der Waals surface area (Å²) in [5.74, 6) is -0.150. The van der Waals surface area contributed by atoms with E-state index in [-0.39, 0.29) is 31.0 Å². The zero-order valence-corrected chi connectivity index (χ0v) is 12.4. The number of nitrogens with two attached hydrogens (primary N) is 2. The number of nitrogens with zero attached hydrogens (tertiary/aromatic N) is 1. The van der Waals surface area contributed by atoms with Gasteiger partial charge in [0.05, 0.1) is 0 Å². The van der Waals surface area contributed by atoms with E-state index in [1.807, 2.05) is 6.92 Å². The van der Waals surface area contributed by atoms with Gasteiger partial charge in [-0.15, -0.1) is 12.4 Å². The maximum Gasteiger partial charge on any atom is 0.260 e. The summed E-state index contributed by atoms with van der Waals surface area (Å²) in [7, 11) is 1.68. The molecule has 0 aliphatic rings. The summed E-state index contributed by atoms with van der Waals surface area (Å²) in [6, 6.07) is 6.26. The number of amides is 2. The normalized spacial score (nSPS) is 11.2. The highest BCUT2D eigenvalue weighted by Crippen LogP contribution is 2.12. The molecule has 7 heteroatoms. The number of carbonyl (C=O) groups is 2. The van der Waals surface area contributed by atoms with Crippen LogP contribution < -0.4 is 16.2 Å². The molecule has 112 valence electrons. The molecule has 4 N–H and O–H groups in total. The second-order valence-corrected chi connectivity index (χ2v) is 4.27. The minimum Gasteiger partial charge on any atom is -0.484 e. The Bertz CT molecular complexity index is 451. The summed E-state index contributed by atoms with van der Waals surface area (Å²) in [6.45, 7) is 2.19. The number of primary amides is 1. The molecule has 0 radical (unpaired) electrons. The van der Waals surface area contributed by atoms with E-state index in [0.29, 0.717) is 17.9 Å². The van der Waals surface area contributed by atoms with Gasteiger partial charge in [-0.25, -0.2) is 0 Å². The van der Waals surface area contributed by atoms with Crippen LogP contribution in [0.3, 0.4) is 0 Å². The van der Waals surface area contributed by atoms with Crippen molar-refractivity contribution in [2.24, 2.45) is 11.5 Å². The first-order chi connectivity index (χ1) is 8.95. The lowest BCUT2D eigenvalue weighted by molar-refractivity contribution is -0.133. The van der Waals surface area contributed by atoms with Crippen molar-refractivity contribution in [1.29, 1.82) is 0 Å². The van der Waals surface area contributed by atoms with Crippen molar-refractivity contribution in [1.82, 2.24) is 4.90 Å². The van der Waals surface area contributed by atoms with Crippen LogP contribution in [0.2, 0.25) is 0 Å². The molecule has 6 nitrogen and oxygen atoms in total. The Morgan fingerprint density at radius 1 is 1.30 bits per heavy atom. The van der Waals surface area contributed by atoms with Crippen LogP contribution in [0.1, 0.15) is 17.3 Å². The minimum atomic E-state index is -0.501. The Kier molecular flexibility index (Phi) is 7.64. The van der Waals surface area contributed by atoms with E-state index in [4.69, 9.17) is 16.2 Å². The largest absolute Gasteiger partial charge is 0.484 e. The molecule has 0 aromatic heterocycles.